The predicted octanol–water partition coefficient (Wildman–Crippen LogP) is 5.98. The maximum Gasteiger partial charge on any atom is 0.303 e. The number of nitrogens with one attached hydrogen (secondary N) is 2. The van der Waals surface area contributed by atoms with E-state index in [2.05, 4.69) is 24.5 Å². The van der Waals surface area contributed by atoms with E-state index < -0.39 is 5.97 Å². The Labute approximate surface area is 196 Å². The molecule has 0 aliphatic heterocycles. The fraction of sp³-hybridized carbons (Fsp3) is 0.885. The molecule has 6 heteroatoms. The number of carbonyl (C=O) groups excluding carboxylic acids is 2. The Kier molecular flexibility index (Phi) is 20.2. The highest BCUT2D eigenvalue weighted by molar-refractivity contribution is 5.76. The van der Waals surface area contributed by atoms with E-state index in [0.717, 1.165) is 51.4 Å². The Balaban J connectivity index is 3.54. The molecule has 188 valence electrons. The van der Waals surface area contributed by atoms with Gasteiger partial charge in [-0.05, 0) is 38.0 Å². The van der Waals surface area contributed by atoms with Crippen LogP contribution in [0.5, 0.6) is 0 Å². The molecule has 0 spiro atoms. The van der Waals surface area contributed by atoms with Crippen molar-refractivity contribution < 1.29 is 19.5 Å². The van der Waals surface area contributed by atoms with Gasteiger partial charge in [-0.15, -0.1) is 0 Å². The summed E-state index contributed by atoms with van der Waals surface area (Å²) in [7, 11) is 0. The van der Waals surface area contributed by atoms with Gasteiger partial charge in [0.1, 0.15) is 0 Å². The van der Waals surface area contributed by atoms with Gasteiger partial charge < -0.3 is 15.7 Å². The minimum absolute atomic E-state index is 0.0143. The maximum absolute atomic E-state index is 12.3. The van der Waals surface area contributed by atoms with Crippen LogP contribution < -0.4 is 10.6 Å². The van der Waals surface area contributed by atoms with E-state index >= 15 is 0 Å². The van der Waals surface area contributed by atoms with Gasteiger partial charge in [-0.1, -0.05) is 78.1 Å². The van der Waals surface area contributed by atoms with E-state index in [-0.39, 0.29) is 17.9 Å². The topological polar surface area (TPSA) is 95.5 Å². The molecule has 0 heterocycles. The second kappa shape index (κ2) is 21.3. The van der Waals surface area contributed by atoms with Crippen molar-refractivity contribution >= 4 is 17.8 Å². The first-order chi connectivity index (χ1) is 15.3. The predicted molar refractivity (Wildman–Crippen MR) is 132 cm³/mol. The highest BCUT2D eigenvalue weighted by Crippen LogP contribution is 2.14. The van der Waals surface area contributed by atoms with Crippen LogP contribution in [0.1, 0.15) is 130 Å². The number of unbranched alkanes of at least 4 members (excludes halogenated alkanes) is 12. The van der Waals surface area contributed by atoms with Crippen molar-refractivity contribution in [3.05, 3.63) is 0 Å². The molecule has 0 aliphatic rings. The zero-order valence-electron chi connectivity index (χ0n) is 21.1. The molecule has 6 nitrogen and oxygen atoms in total. The number of rotatable bonds is 22. The summed E-state index contributed by atoms with van der Waals surface area (Å²) in [6.45, 7) is 6.55. The van der Waals surface area contributed by atoms with Gasteiger partial charge in [-0.25, -0.2) is 0 Å². The summed E-state index contributed by atoms with van der Waals surface area (Å²) in [5.74, 6) is -0.0733. The molecule has 3 N–H and O–H groups in total. The first-order valence-electron chi connectivity index (χ1n) is 13.1. The number of hydrogen-bond acceptors (Lipinski definition) is 3. The Bertz CT molecular complexity index is 494. The van der Waals surface area contributed by atoms with Crippen molar-refractivity contribution in [1.29, 1.82) is 0 Å². The van der Waals surface area contributed by atoms with Crippen LogP contribution in [0.4, 0.5) is 0 Å². The lowest BCUT2D eigenvalue weighted by Gasteiger charge is -2.22. The van der Waals surface area contributed by atoms with Crippen LogP contribution in [-0.4, -0.2) is 35.5 Å². The summed E-state index contributed by atoms with van der Waals surface area (Å²) in [4.78, 5) is 33.6. The summed E-state index contributed by atoms with van der Waals surface area (Å²) in [6.07, 6.45) is 17.7. The van der Waals surface area contributed by atoms with Gasteiger partial charge in [0.05, 0.1) is 0 Å². The van der Waals surface area contributed by atoms with Crippen molar-refractivity contribution in [2.24, 2.45) is 5.92 Å². The standard InChI is InChI=1S/C26H50N2O4/c1-22(2)24(18-16-17-21-27-23(3)29)28-25(30)19-14-12-10-8-6-4-5-7-9-11-13-15-20-26(31)32/h22,24H,4-21H2,1-3H3,(H,27,29)(H,28,30)(H,31,32)/t24-/m0/s1. The Morgan fingerprint density at radius 2 is 1.16 bits per heavy atom. The normalized spacial score (nSPS) is 12.0. The lowest BCUT2D eigenvalue weighted by Crippen LogP contribution is -2.38. The average Bonchev–Trinajstić information content (AvgIpc) is 2.72. The Morgan fingerprint density at radius 3 is 1.59 bits per heavy atom. The lowest BCUT2D eigenvalue weighted by atomic mass is 9.98. The molecule has 0 radical (unpaired) electrons. The van der Waals surface area contributed by atoms with E-state index in [9.17, 15) is 14.4 Å². The van der Waals surface area contributed by atoms with Crippen LogP contribution in [-0.2, 0) is 14.4 Å². The number of aliphatic carboxylic acids is 1. The third-order valence-corrected chi connectivity index (χ3v) is 6.01. The van der Waals surface area contributed by atoms with Gasteiger partial charge in [-0.2, -0.15) is 0 Å². The first-order valence-corrected chi connectivity index (χ1v) is 13.1. The van der Waals surface area contributed by atoms with Crippen LogP contribution in [0, 0.1) is 5.92 Å². The largest absolute Gasteiger partial charge is 0.481 e. The quantitative estimate of drug-likeness (QED) is 0.175. The first kappa shape index (κ1) is 30.4. The summed E-state index contributed by atoms with van der Waals surface area (Å²) in [6, 6.07) is 0.219. The van der Waals surface area contributed by atoms with Crippen molar-refractivity contribution in [2.45, 2.75) is 136 Å². The molecule has 0 bridgehead atoms. The third kappa shape index (κ3) is 21.6. The van der Waals surface area contributed by atoms with Crippen LogP contribution >= 0.6 is 0 Å². The minimum atomic E-state index is -0.683. The molecule has 0 aliphatic carbocycles. The van der Waals surface area contributed by atoms with Crippen LogP contribution in [0.2, 0.25) is 0 Å². The van der Waals surface area contributed by atoms with Gasteiger partial charge in [0.15, 0.2) is 0 Å². The van der Waals surface area contributed by atoms with Crippen molar-refractivity contribution in [1.82, 2.24) is 10.6 Å². The molecule has 0 fully saturated rings. The SMILES string of the molecule is CC(=O)NCCCC[C@H](NC(=O)CCCCCCCCCCCCCCC(=O)O)C(C)C. The molecular weight excluding hydrogens is 404 g/mol. The van der Waals surface area contributed by atoms with Crippen molar-refractivity contribution in [3.63, 3.8) is 0 Å². The number of carbonyl (C=O) groups is 3. The molecule has 1 atom stereocenters. The maximum atomic E-state index is 12.3. The van der Waals surface area contributed by atoms with Gasteiger partial charge in [0, 0.05) is 32.4 Å². The number of hydrogen-bond donors (Lipinski definition) is 3. The van der Waals surface area contributed by atoms with Crippen LogP contribution in [0.15, 0.2) is 0 Å². The van der Waals surface area contributed by atoms with Gasteiger partial charge in [-0.3, -0.25) is 14.4 Å². The summed E-state index contributed by atoms with van der Waals surface area (Å²) in [5, 5.41) is 14.6. The highest BCUT2D eigenvalue weighted by Gasteiger charge is 2.15. The lowest BCUT2D eigenvalue weighted by molar-refractivity contribution is -0.137. The van der Waals surface area contributed by atoms with E-state index in [1.165, 1.54) is 51.9 Å². The summed E-state index contributed by atoms with van der Waals surface area (Å²) in [5.41, 5.74) is 0. The van der Waals surface area contributed by atoms with Gasteiger partial charge >= 0.3 is 5.97 Å². The molecule has 0 aromatic rings. The second-order valence-corrected chi connectivity index (χ2v) is 9.53. The van der Waals surface area contributed by atoms with Crippen molar-refractivity contribution in [2.75, 3.05) is 6.54 Å². The third-order valence-electron chi connectivity index (χ3n) is 6.01. The van der Waals surface area contributed by atoms with Crippen LogP contribution in [0.25, 0.3) is 0 Å². The minimum Gasteiger partial charge on any atom is -0.481 e. The molecule has 0 saturated heterocycles. The molecule has 0 unspecified atom stereocenters. The zero-order chi connectivity index (χ0) is 24.0. The molecular formula is C26H50N2O4. The fourth-order valence-electron chi connectivity index (χ4n) is 3.93. The number of carboxylic acids is 1. The Morgan fingerprint density at radius 1 is 0.688 bits per heavy atom. The van der Waals surface area contributed by atoms with Crippen molar-refractivity contribution in [3.8, 4) is 0 Å². The average molecular weight is 455 g/mol. The Hall–Kier alpha value is -1.59. The monoisotopic (exact) mass is 454 g/mol. The van der Waals surface area contributed by atoms with E-state index in [4.69, 9.17) is 5.11 Å². The molecule has 0 rings (SSSR count). The van der Waals surface area contributed by atoms with E-state index in [0.29, 0.717) is 25.3 Å². The van der Waals surface area contributed by atoms with Gasteiger partial charge in [0.2, 0.25) is 11.8 Å². The number of carboxylic acid groups (broad SMARTS) is 1. The number of amides is 2. The fourth-order valence-corrected chi connectivity index (χ4v) is 3.93. The van der Waals surface area contributed by atoms with Crippen LogP contribution in [0.3, 0.4) is 0 Å². The molecule has 0 aromatic carbocycles. The van der Waals surface area contributed by atoms with E-state index in [1.54, 1.807) is 0 Å². The van der Waals surface area contributed by atoms with Gasteiger partial charge in [0.25, 0.3) is 0 Å². The molecule has 0 aromatic heterocycles. The smallest absolute Gasteiger partial charge is 0.303 e. The zero-order valence-corrected chi connectivity index (χ0v) is 21.1. The molecule has 0 saturated carbocycles. The second-order valence-electron chi connectivity index (χ2n) is 9.53. The summed E-state index contributed by atoms with van der Waals surface area (Å²) >= 11 is 0. The molecule has 2 amide bonds. The van der Waals surface area contributed by atoms with E-state index in [1.807, 2.05) is 0 Å². The summed E-state index contributed by atoms with van der Waals surface area (Å²) < 4.78 is 0. The highest BCUT2D eigenvalue weighted by atomic mass is 16.4. The molecule has 32 heavy (non-hydrogen) atoms.